The molecule has 1 N–H and O–H groups in total. The Morgan fingerprint density at radius 2 is 1.34 bits per heavy atom. The zero-order chi connectivity index (χ0) is 21.4. The van der Waals surface area contributed by atoms with Gasteiger partial charge in [-0.15, -0.1) is 0 Å². The molecule has 2 aromatic carbocycles. The number of rotatable bonds is 6. The molecule has 1 saturated heterocycles. The molecule has 0 bridgehead atoms. The molecule has 154 valence electrons. The Morgan fingerprint density at radius 3 is 1.79 bits per heavy atom. The largest absolute Gasteiger partial charge is 0.346 e. The normalized spacial score (nSPS) is 18.2. The number of nitrogens with one attached hydrogen (secondary N) is 1. The first-order valence-corrected chi connectivity index (χ1v) is 12.0. The van der Waals surface area contributed by atoms with Crippen molar-refractivity contribution in [3.8, 4) is 0 Å². The molecule has 12 heteroatoms. The molecule has 0 aromatic heterocycles. The number of benzene rings is 2. The first kappa shape index (κ1) is 21.6. The van der Waals surface area contributed by atoms with Crippen molar-refractivity contribution in [3.63, 3.8) is 0 Å². The van der Waals surface area contributed by atoms with Gasteiger partial charge < -0.3 is 4.84 Å². The Labute approximate surface area is 176 Å². The van der Waals surface area contributed by atoms with Crippen LogP contribution >= 0.6 is 23.2 Å². The van der Waals surface area contributed by atoms with Crippen LogP contribution in [0.4, 0.5) is 0 Å². The Balaban J connectivity index is 2.08. The molecule has 2 aromatic rings. The first-order chi connectivity index (χ1) is 13.5. The second-order valence-electron chi connectivity index (χ2n) is 6.14. The van der Waals surface area contributed by atoms with Crippen LogP contribution in [0.3, 0.4) is 0 Å². The second kappa shape index (κ2) is 7.94. The van der Waals surface area contributed by atoms with Gasteiger partial charge in [-0.2, -0.15) is 5.48 Å². The minimum Gasteiger partial charge on any atom is -0.340 e. The summed E-state index contributed by atoms with van der Waals surface area (Å²) in [5.41, 5.74) is 1.78. The lowest BCUT2D eigenvalue weighted by atomic mass is 10.1. The third-order valence-electron chi connectivity index (χ3n) is 4.26. The minimum absolute atomic E-state index is 0.204. The highest BCUT2D eigenvalue weighted by atomic mass is 35.5. The van der Waals surface area contributed by atoms with E-state index in [-0.39, 0.29) is 19.8 Å². The summed E-state index contributed by atoms with van der Waals surface area (Å²) in [5.74, 6) is -5.09. The summed E-state index contributed by atoms with van der Waals surface area (Å²) in [4.78, 5) is 28.0. The molecule has 3 rings (SSSR count). The smallest absolute Gasteiger partial charge is 0.340 e. The van der Waals surface area contributed by atoms with Crippen LogP contribution < -0.4 is 5.48 Å². The second-order valence-corrected chi connectivity index (χ2v) is 11.2. The van der Waals surface area contributed by atoms with Crippen LogP contribution in [0.5, 0.6) is 0 Å². The summed E-state index contributed by atoms with van der Waals surface area (Å²) in [6, 6.07) is 9.99. The molecular weight excluding hydrogens is 465 g/mol. The molecular formula is C17H13Cl2NO7S2. The van der Waals surface area contributed by atoms with Gasteiger partial charge in [-0.25, -0.2) is 21.6 Å². The van der Waals surface area contributed by atoms with Crippen molar-refractivity contribution in [2.75, 3.05) is 5.75 Å². The van der Waals surface area contributed by atoms with Crippen LogP contribution in [-0.4, -0.2) is 39.7 Å². The zero-order valence-corrected chi connectivity index (χ0v) is 17.6. The number of halogens is 2. The van der Waals surface area contributed by atoms with Crippen molar-refractivity contribution in [2.24, 2.45) is 5.92 Å². The van der Waals surface area contributed by atoms with E-state index in [1.165, 1.54) is 36.4 Å². The van der Waals surface area contributed by atoms with Gasteiger partial charge >= 0.3 is 5.97 Å². The molecule has 1 heterocycles. The predicted octanol–water partition coefficient (Wildman–Crippen LogP) is 1.81. The number of hydroxylamine groups is 1. The fraction of sp³-hybridized carbons (Fsp3) is 0.176. The minimum atomic E-state index is -4.44. The maximum Gasteiger partial charge on any atom is 0.346 e. The first-order valence-electron chi connectivity index (χ1n) is 8.01. The van der Waals surface area contributed by atoms with Crippen LogP contribution in [0.1, 0.15) is 0 Å². The number of carbonyl (C=O) groups is 2. The molecule has 0 radical (unpaired) electrons. The van der Waals surface area contributed by atoms with Gasteiger partial charge in [0, 0.05) is 10.0 Å². The number of hydrogen-bond donors (Lipinski definition) is 1. The van der Waals surface area contributed by atoms with E-state index in [4.69, 9.17) is 23.2 Å². The summed E-state index contributed by atoms with van der Waals surface area (Å²) >= 11 is 11.5. The van der Waals surface area contributed by atoms with Crippen molar-refractivity contribution in [1.29, 1.82) is 0 Å². The van der Waals surface area contributed by atoms with Crippen molar-refractivity contribution >= 4 is 54.8 Å². The van der Waals surface area contributed by atoms with Crippen molar-refractivity contribution < 1.29 is 31.3 Å². The van der Waals surface area contributed by atoms with Gasteiger partial charge in [-0.3, -0.25) is 4.79 Å². The molecule has 0 spiro atoms. The molecule has 0 saturated carbocycles. The fourth-order valence-electron chi connectivity index (χ4n) is 2.77. The van der Waals surface area contributed by atoms with Gasteiger partial charge in [0.1, 0.15) is 5.25 Å². The summed E-state index contributed by atoms with van der Waals surface area (Å²) in [5, 5.41) is -1.38. The predicted molar refractivity (Wildman–Crippen MR) is 104 cm³/mol. The van der Waals surface area contributed by atoms with Crippen LogP contribution in [0, 0.1) is 5.92 Å². The van der Waals surface area contributed by atoms with E-state index >= 15 is 0 Å². The molecule has 1 fully saturated rings. The molecule has 1 aliphatic rings. The lowest BCUT2D eigenvalue weighted by molar-refractivity contribution is -0.146. The van der Waals surface area contributed by atoms with E-state index in [0.717, 1.165) is 12.1 Å². The third-order valence-corrected chi connectivity index (χ3v) is 8.93. The molecule has 29 heavy (non-hydrogen) atoms. The SMILES string of the molecule is O=C1NOC(=O)C1C(CS(=O)(=O)c1ccc(Cl)cc1)S(=O)(=O)c1ccc(Cl)cc1. The molecule has 1 aliphatic heterocycles. The van der Waals surface area contributed by atoms with Crippen LogP contribution in [0.2, 0.25) is 10.0 Å². The topological polar surface area (TPSA) is 124 Å². The quantitative estimate of drug-likeness (QED) is 0.628. The third kappa shape index (κ3) is 4.40. The highest BCUT2D eigenvalue weighted by molar-refractivity contribution is 7.95. The van der Waals surface area contributed by atoms with Gasteiger partial charge in [-0.1, -0.05) is 23.2 Å². The van der Waals surface area contributed by atoms with Crippen LogP contribution in [0.25, 0.3) is 0 Å². The van der Waals surface area contributed by atoms with E-state index in [1.54, 1.807) is 5.48 Å². The lowest BCUT2D eigenvalue weighted by Crippen LogP contribution is -2.42. The number of sulfone groups is 2. The monoisotopic (exact) mass is 477 g/mol. The Kier molecular flexibility index (Phi) is 5.91. The van der Waals surface area contributed by atoms with E-state index in [1.807, 2.05) is 0 Å². The van der Waals surface area contributed by atoms with Crippen molar-refractivity contribution in [3.05, 3.63) is 58.6 Å². The average molecular weight is 478 g/mol. The molecule has 1 amide bonds. The van der Waals surface area contributed by atoms with Crippen molar-refractivity contribution in [2.45, 2.75) is 15.0 Å². The zero-order valence-electron chi connectivity index (χ0n) is 14.4. The fourth-order valence-corrected chi connectivity index (χ4v) is 7.11. The summed E-state index contributed by atoms with van der Waals surface area (Å²) in [7, 11) is -8.65. The summed E-state index contributed by atoms with van der Waals surface area (Å²) in [6.45, 7) is 0. The maximum absolute atomic E-state index is 13.2. The molecule has 2 unspecified atom stereocenters. The van der Waals surface area contributed by atoms with Crippen LogP contribution in [0.15, 0.2) is 58.3 Å². The highest BCUT2D eigenvalue weighted by Gasteiger charge is 2.50. The van der Waals surface area contributed by atoms with E-state index in [0.29, 0.717) is 0 Å². The summed E-state index contributed by atoms with van der Waals surface area (Å²) in [6.07, 6.45) is 0. The Morgan fingerprint density at radius 1 is 0.862 bits per heavy atom. The van der Waals surface area contributed by atoms with Crippen molar-refractivity contribution in [1.82, 2.24) is 5.48 Å². The summed E-state index contributed by atoms with van der Waals surface area (Å²) < 4.78 is 52.0. The lowest BCUT2D eigenvalue weighted by Gasteiger charge is -2.20. The van der Waals surface area contributed by atoms with Gasteiger partial charge in [0.2, 0.25) is 0 Å². The molecule has 2 atom stereocenters. The molecule has 8 nitrogen and oxygen atoms in total. The van der Waals surface area contributed by atoms with E-state index in [2.05, 4.69) is 4.84 Å². The van der Waals surface area contributed by atoms with E-state index in [9.17, 15) is 26.4 Å². The number of carbonyl (C=O) groups excluding carboxylic acids is 2. The van der Waals surface area contributed by atoms with E-state index < -0.39 is 48.5 Å². The standard InChI is InChI=1S/C17H13Cl2NO7S2/c18-10-1-5-12(6-2-10)28(23,24)9-14(15-16(21)20-27-17(15)22)29(25,26)13-7-3-11(19)4-8-13/h1-8,14-15H,9H2,(H,20,21). The number of hydrogen-bond acceptors (Lipinski definition) is 7. The Hall–Kier alpha value is -2.14. The van der Waals surface area contributed by atoms with Crippen LogP contribution in [-0.2, 0) is 34.1 Å². The van der Waals surface area contributed by atoms with Gasteiger partial charge in [0.05, 0.1) is 15.5 Å². The number of amides is 1. The molecule has 0 aliphatic carbocycles. The Bertz CT molecular complexity index is 1150. The maximum atomic E-state index is 13.2. The van der Waals surface area contributed by atoms with Gasteiger partial charge in [0.15, 0.2) is 25.6 Å². The van der Waals surface area contributed by atoms with Gasteiger partial charge in [-0.05, 0) is 48.5 Å². The van der Waals surface area contributed by atoms with Gasteiger partial charge in [0.25, 0.3) is 5.91 Å². The average Bonchev–Trinajstić information content (AvgIpc) is 2.98. The highest BCUT2D eigenvalue weighted by Crippen LogP contribution is 2.29.